The number of alkyl halides is 3. The molecule has 7 heteroatoms. The third kappa shape index (κ3) is 3.73. The molecule has 0 N–H and O–H groups in total. The summed E-state index contributed by atoms with van der Waals surface area (Å²) in [7, 11) is 1.32. The Kier molecular flexibility index (Phi) is 4.70. The zero-order valence-electron chi connectivity index (χ0n) is 11.1. The lowest BCUT2D eigenvalue weighted by atomic mass is 9.96. The molecule has 0 aromatic carbocycles. The Morgan fingerprint density at radius 3 is 2.60 bits per heavy atom. The normalized spacial score (nSPS) is 18.2. The fourth-order valence-corrected chi connectivity index (χ4v) is 3.28. The van der Waals surface area contributed by atoms with Gasteiger partial charge in [-0.3, -0.25) is 4.90 Å². The molecule has 0 unspecified atom stereocenters. The number of likely N-dealkylation sites (tertiary alicyclic amines) is 1. The summed E-state index contributed by atoms with van der Waals surface area (Å²) < 4.78 is 42.3. The van der Waals surface area contributed by atoms with Crippen LogP contribution in [-0.4, -0.2) is 37.2 Å². The average molecular weight is 307 g/mol. The van der Waals surface area contributed by atoms with Gasteiger partial charge in [-0.05, 0) is 38.1 Å². The maximum Gasteiger partial charge on any atom is 0.391 e. The van der Waals surface area contributed by atoms with E-state index in [2.05, 4.69) is 4.74 Å². The number of ether oxygens (including phenoxy) is 1. The quantitative estimate of drug-likeness (QED) is 0.802. The molecule has 1 aromatic heterocycles. The minimum Gasteiger partial charge on any atom is -0.465 e. The van der Waals surface area contributed by atoms with Gasteiger partial charge in [0.15, 0.2) is 0 Å². The van der Waals surface area contributed by atoms with Crippen molar-refractivity contribution in [2.24, 2.45) is 5.92 Å². The van der Waals surface area contributed by atoms with E-state index < -0.39 is 12.1 Å². The maximum atomic E-state index is 12.6. The van der Waals surface area contributed by atoms with Gasteiger partial charge in [-0.15, -0.1) is 11.3 Å². The van der Waals surface area contributed by atoms with E-state index in [1.807, 2.05) is 11.0 Å². The van der Waals surface area contributed by atoms with E-state index in [0.29, 0.717) is 24.5 Å². The molecule has 0 amide bonds. The number of hydrogen-bond donors (Lipinski definition) is 0. The fourth-order valence-electron chi connectivity index (χ4n) is 2.31. The molecule has 0 radical (unpaired) electrons. The van der Waals surface area contributed by atoms with E-state index in [9.17, 15) is 18.0 Å². The number of esters is 1. The van der Waals surface area contributed by atoms with Crippen LogP contribution in [0, 0.1) is 5.92 Å². The Labute approximate surface area is 119 Å². The summed E-state index contributed by atoms with van der Waals surface area (Å²) in [6, 6.07) is 3.51. The Morgan fingerprint density at radius 2 is 2.05 bits per heavy atom. The number of rotatable bonds is 3. The van der Waals surface area contributed by atoms with Crippen molar-refractivity contribution in [2.75, 3.05) is 20.2 Å². The van der Waals surface area contributed by atoms with Gasteiger partial charge in [-0.1, -0.05) is 0 Å². The maximum absolute atomic E-state index is 12.6. The van der Waals surface area contributed by atoms with Crippen LogP contribution in [0.25, 0.3) is 0 Å². The number of nitrogens with zero attached hydrogens (tertiary/aromatic N) is 1. The Hall–Kier alpha value is -1.08. The van der Waals surface area contributed by atoms with Crippen molar-refractivity contribution < 1.29 is 22.7 Å². The summed E-state index contributed by atoms with van der Waals surface area (Å²) >= 11 is 1.33. The molecule has 20 heavy (non-hydrogen) atoms. The van der Waals surface area contributed by atoms with Gasteiger partial charge in [0.25, 0.3) is 0 Å². The Balaban J connectivity index is 1.87. The molecule has 0 atom stereocenters. The van der Waals surface area contributed by atoms with E-state index in [1.54, 1.807) is 6.07 Å². The van der Waals surface area contributed by atoms with Gasteiger partial charge >= 0.3 is 12.1 Å². The molecular formula is C13H16F3NO2S. The molecule has 1 aromatic rings. The van der Waals surface area contributed by atoms with E-state index >= 15 is 0 Å². The summed E-state index contributed by atoms with van der Waals surface area (Å²) in [5.41, 5.74) is 0. The van der Waals surface area contributed by atoms with Crippen molar-refractivity contribution in [1.29, 1.82) is 0 Å². The van der Waals surface area contributed by atoms with Crippen LogP contribution in [-0.2, 0) is 11.3 Å². The first-order valence-electron chi connectivity index (χ1n) is 6.36. The number of carbonyl (C=O) groups excluding carboxylic acids is 1. The second-order valence-electron chi connectivity index (χ2n) is 4.85. The second kappa shape index (κ2) is 6.13. The first kappa shape index (κ1) is 15.3. The number of halogens is 3. The molecule has 0 saturated carbocycles. The molecule has 1 saturated heterocycles. The Morgan fingerprint density at radius 1 is 1.40 bits per heavy atom. The third-order valence-corrected chi connectivity index (χ3v) is 4.53. The zero-order valence-corrected chi connectivity index (χ0v) is 11.9. The number of thiophene rings is 1. The second-order valence-corrected chi connectivity index (χ2v) is 6.02. The first-order valence-corrected chi connectivity index (χ1v) is 7.18. The van der Waals surface area contributed by atoms with Crippen molar-refractivity contribution in [1.82, 2.24) is 4.90 Å². The molecule has 112 valence electrons. The summed E-state index contributed by atoms with van der Waals surface area (Å²) in [6.07, 6.45) is -3.77. The van der Waals surface area contributed by atoms with Crippen LogP contribution in [0.5, 0.6) is 0 Å². The lowest BCUT2D eigenvalue weighted by Crippen LogP contribution is -2.38. The molecule has 0 aliphatic carbocycles. The van der Waals surface area contributed by atoms with Crippen molar-refractivity contribution in [3.63, 3.8) is 0 Å². The highest BCUT2D eigenvalue weighted by atomic mass is 32.1. The third-order valence-electron chi connectivity index (χ3n) is 3.48. The van der Waals surface area contributed by atoms with Crippen LogP contribution >= 0.6 is 11.3 Å². The SMILES string of the molecule is COC(=O)c1ccc(CN2CCC(C(F)(F)F)CC2)s1. The topological polar surface area (TPSA) is 29.5 Å². The lowest BCUT2D eigenvalue weighted by molar-refractivity contribution is -0.185. The number of carbonyl (C=O) groups is 1. The molecule has 1 aliphatic rings. The predicted molar refractivity (Wildman–Crippen MR) is 69.7 cm³/mol. The van der Waals surface area contributed by atoms with Crippen molar-refractivity contribution in [2.45, 2.75) is 25.6 Å². The molecule has 1 fully saturated rings. The summed E-state index contributed by atoms with van der Waals surface area (Å²) in [5, 5.41) is 0. The highest BCUT2D eigenvalue weighted by Crippen LogP contribution is 2.34. The summed E-state index contributed by atoms with van der Waals surface area (Å²) in [5.74, 6) is -1.55. The highest BCUT2D eigenvalue weighted by Gasteiger charge is 2.40. The monoisotopic (exact) mass is 307 g/mol. The molecule has 1 aliphatic heterocycles. The largest absolute Gasteiger partial charge is 0.465 e. The Bertz CT molecular complexity index is 464. The standard InChI is InChI=1S/C13H16F3NO2S/c1-19-12(18)11-3-2-10(20-11)8-17-6-4-9(5-7-17)13(14,15)16/h2-3,9H,4-8H2,1H3. The summed E-state index contributed by atoms with van der Waals surface area (Å²) in [4.78, 5) is 14.8. The fraction of sp³-hybridized carbons (Fsp3) is 0.615. The molecular weight excluding hydrogens is 291 g/mol. The number of hydrogen-bond acceptors (Lipinski definition) is 4. The van der Waals surface area contributed by atoms with Gasteiger partial charge in [0.2, 0.25) is 0 Å². The zero-order chi connectivity index (χ0) is 14.8. The van der Waals surface area contributed by atoms with Crippen LogP contribution in [0.15, 0.2) is 12.1 Å². The molecule has 0 spiro atoms. The molecule has 0 bridgehead atoms. The number of piperidine rings is 1. The number of methoxy groups -OCH3 is 1. The van der Waals surface area contributed by atoms with Crippen LogP contribution in [0.4, 0.5) is 13.2 Å². The highest BCUT2D eigenvalue weighted by molar-refractivity contribution is 7.13. The van der Waals surface area contributed by atoms with Gasteiger partial charge in [0.05, 0.1) is 13.0 Å². The smallest absolute Gasteiger partial charge is 0.391 e. The predicted octanol–water partition coefficient (Wildman–Crippen LogP) is 3.31. The van der Waals surface area contributed by atoms with E-state index in [-0.39, 0.29) is 18.8 Å². The van der Waals surface area contributed by atoms with Crippen LogP contribution < -0.4 is 0 Å². The average Bonchev–Trinajstić information content (AvgIpc) is 2.86. The van der Waals surface area contributed by atoms with Crippen molar-refractivity contribution in [3.8, 4) is 0 Å². The molecule has 2 rings (SSSR count). The molecule has 3 nitrogen and oxygen atoms in total. The van der Waals surface area contributed by atoms with Crippen LogP contribution in [0.2, 0.25) is 0 Å². The van der Waals surface area contributed by atoms with E-state index in [1.165, 1.54) is 18.4 Å². The van der Waals surface area contributed by atoms with Crippen molar-refractivity contribution in [3.05, 3.63) is 21.9 Å². The van der Waals surface area contributed by atoms with Gasteiger partial charge in [0, 0.05) is 11.4 Å². The van der Waals surface area contributed by atoms with E-state index in [0.717, 1.165) is 4.88 Å². The van der Waals surface area contributed by atoms with E-state index in [4.69, 9.17) is 0 Å². The minimum atomic E-state index is -4.08. The minimum absolute atomic E-state index is 0.152. The van der Waals surface area contributed by atoms with Gasteiger partial charge in [-0.25, -0.2) is 4.79 Å². The van der Waals surface area contributed by atoms with Crippen LogP contribution in [0.1, 0.15) is 27.4 Å². The van der Waals surface area contributed by atoms with Gasteiger partial charge in [-0.2, -0.15) is 13.2 Å². The lowest BCUT2D eigenvalue weighted by Gasteiger charge is -2.32. The van der Waals surface area contributed by atoms with Crippen LogP contribution in [0.3, 0.4) is 0 Å². The van der Waals surface area contributed by atoms with Gasteiger partial charge < -0.3 is 4.74 Å². The molecule has 2 heterocycles. The first-order chi connectivity index (χ1) is 9.40. The summed E-state index contributed by atoms with van der Waals surface area (Å²) in [6.45, 7) is 1.47. The van der Waals surface area contributed by atoms with Gasteiger partial charge in [0.1, 0.15) is 4.88 Å². The van der Waals surface area contributed by atoms with Crippen molar-refractivity contribution >= 4 is 17.3 Å².